The Kier molecular flexibility index (Phi) is 5.04. The Morgan fingerprint density at radius 2 is 1.86 bits per heavy atom. The molecule has 4 aromatic rings. The van der Waals surface area contributed by atoms with Crippen molar-refractivity contribution in [2.75, 3.05) is 6.54 Å². The molecular formula is C22H19N3O2S. The number of para-hydroxylation sites is 1. The van der Waals surface area contributed by atoms with Crippen molar-refractivity contribution in [1.82, 2.24) is 15.1 Å². The highest BCUT2D eigenvalue weighted by Gasteiger charge is 2.15. The Morgan fingerprint density at radius 3 is 2.68 bits per heavy atom. The fraction of sp³-hybridized carbons (Fsp3) is 0.136. The topological polar surface area (TPSA) is 64.0 Å². The van der Waals surface area contributed by atoms with E-state index in [1.165, 1.54) is 21.7 Å². The van der Waals surface area contributed by atoms with Gasteiger partial charge in [-0.25, -0.2) is 4.68 Å². The molecule has 140 valence electrons. The number of nitrogens with one attached hydrogen (secondary N) is 1. The summed E-state index contributed by atoms with van der Waals surface area (Å²) < 4.78 is 2.85. The van der Waals surface area contributed by atoms with Gasteiger partial charge in [-0.1, -0.05) is 36.4 Å². The molecule has 1 amide bonds. The molecule has 0 radical (unpaired) electrons. The second-order valence-corrected chi connectivity index (χ2v) is 7.42. The van der Waals surface area contributed by atoms with Gasteiger partial charge in [-0.05, 0) is 47.9 Å². The molecule has 0 saturated heterocycles. The van der Waals surface area contributed by atoms with Gasteiger partial charge in [0.25, 0.3) is 5.91 Å². The van der Waals surface area contributed by atoms with Crippen LogP contribution in [0.2, 0.25) is 0 Å². The molecule has 28 heavy (non-hydrogen) atoms. The van der Waals surface area contributed by atoms with E-state index >= 15 is 0 Å². The Morgan fingerprint density at radius 1 is 1.11 bits per heavy atom. The third-order valence-electron chi connectivity index (χ3n) is 4.56. The van der Waals surface area contributed by atoms with Gasteiger partial charge in [0.15, 0.2) is 5.69 Å². The Hall–Kier alpha value is -3.25. The second-order valence-electron chi connectivity index (χ2n) is 6.51. The number of aryl methyl sites for hydroxylation is 1. The van der Waals surface area contributed by atoms with Gasteiger partial charge >= 0.3 is 0 Å². The zero-order valence-electron chi connectivity index (χ0n) is 15.4. The molecule has 0 saturated carbocycles. The van der Waals surface area contributed by atoms with Gasteiger partial charge in [-0.3, -0.25) is 9.59 Å². The maximum Gasteiger partial charge on any atom is 0.275 e. The van der Waals surface area contributed by atoms with Crippen LogP contribution in [0.15, 0.2) is 70.8 Å². The number of rotatable bonds is 5. The van der Waals surface area contributed by atoms with Crippen LogP contribution in [0.25, 0.3) is 15.8 Å². The zero-order chi connectivity index (χ0) is 19.5. The highest BCUT2D eigenvalue weighted by molar-refractivity contribution is 7.17. The van der Waals surface area contributed by atoms with Crippen LogP contribution in [-0.2, 0) is 6.42 Å². The van der Waals surface area contributed by atoms with Crippen molar-refractivity contribution in [2.45, 2.75) is 13.3 Å². The van der Waals surface area contributed by atoms with Crippen LogP contribution in [0, 0.1) is 6.92 Å². The molecule has 0 atom stereocenters. The smallest absolute Gasteiger partial charge is 0.275 e. The van der Waals surface area contributed by atoms with Crippen molar-refractivity contribution in [3.05, 3.63) is 93.2 Å². The molecule has 5 nitrogen and oxygen atoms in total. The number of amides is 1. The van der Waals surface area contributed by atoms with Crippen molar-refractivity contribution in [3.63, 3.8) is 0 Å². The normalized spacial score (nSPS) is 10.9. The molecular weight excluding hydrogens is 370 g/mol. The predicted octanol–water partition coefficient (Wildman–Crippen LogP) is 3.73. The number of aromatic nitrogens is 2. The lowest BCUT2D eigenvalue weighted by atomic mass is 10.1. The van der Waals surface area contributed by atoms with Crippen molar-refractivity contribution in [1.29, 1.82) is 0 Å². The first-order valence-corrected chi connectivity index (χ1v) is 9.91. The summed E-state index contributed by atoms with van der Waals surface area (Å²) in [6, 6.07) is 19.1. The third-order valence-corrected chi connectivity index (χ3v) is 5.58. The number of carbonyl (C=O) groups excluding carboxylic acids is 1. The monoisotopic (exact) mass is 389 g/mol. The Labute approximate surface area is 166 Å². The van der Waals surface area contributed by atoms with Gasteiger partial charge < -0.3 is 5.32 Å². The maximum absolute atomic E-state index is 12.6. The summed E-state index contributed by atoms with van der Waals surface area (Å²) in [4.78, 5) is 24.9. The molecule has 4 rings (SSSR count). The molecule has 2 aromatic carbocycles. The van der Waals surface area contributed by atoms with E-state index in [-0.39, 0.29) is 11.1 Å². The molecule has 2 aromatic heterocycles. The number of thiophene rings is 1. The van der Waals surface area contributed by atoms with E-state index in [1.807, 2.05) is 42.5 Å². The minimum Gasteiger partial charge on any atom is -0.350 e. The molecule has 0 aliphatic heterocycles. The maximum atomic E-state index is 12.6. The standard InChI is InChI=1S/C22H19N3O2S/c1-15-13-19(26)21(24-25(15)17-7-3-2-4-8-17)22(27)23-12-11-16-14-28-20-10-6-5-9-18(16)20/h2-10,13-14H,11-12H2,1H3,(H,23,27). The predicted molar refractivity (Wildman–Crippen MR) is 112 cm³/mol. The van der Waals surface area contributed by atoms with Crippen LogP contribution in [-0.4, -0.2) is 22.2 Å². The van der Waals surface area contributed by atoms with Crippen molar-refractivity contribution < 1.29 is 4.79 Å². The fourth-order valence-electron chi connectivity index (χ4n) is 3.16. The van der Waals surface area contributed by atoms with E-state index in [0.717, 1.165) is 5.69 Å². The first-order chi connectivity index (χ1) is 13.6. The molecule has 1 N–H and O–H groups in total. The van der Waals surface area contributed by atoms with Crippen LogP contribution in [0.1, 0.15) is 21.7 Å². The van der Waals surface area contributed by atoms with Gasteiger partial charge in [-0.15, -0.1) is 11.3 Å². The van der Waals surface area contributed by atoms with Crippen molar-refractivity contribution in [2.24, 2.45) is 0 Å². The summed E-state index contributed by atoms with van der Waals surface area (Å²) in [5, 5.41) is 10.5. The minimum absolute atomic E-state index is 0.0929. The SMILES string of the molecule is Cc1cc(=O)c(C(=O)NCCc2csc3ccccc23)nn1-c1ccccc1. The molecule has 0 bridgehead atoms. The number of hydrogen-bond donors (Lipinski definition) is 1. The highest BCUT2D eigenvalue weighted by atomic mass is 32.1. The largest absolute Gasteiger partial charge is 0.350 e. The van der Waals surface area contributed by atoms with E-state index in [9.17, 15) is 9.59 Å². The summed E-state index contributed by atoms with van der Waals surface area (Å²) in [5.41, 5.74) is 2.21. The number of fused-ring (bicyclic) bond motifs is 1. The van der Waals surface area contributed by atoms with E-state index in [2.05, 4.69) is 27.9 Å². The summed E-state index contributed by atoms with van der Waals surface area (Å²) in [6.07, 6.45) is 0.703. The summed E-state index contributed by atoms with van der Waals surface area (Å²) >= 11 is 1.69. The summed E-state index contributed by atoms with van der Waals surface area (Å²) in [6.45, 7) is 2.24. The first-order valence-electron chi connectivity index (χ1n) is 9.03. The molecule has 0 aliphatic rings. The number of carbonyl (C=O) groups is 1. The lowest BCUT2D eigenvalue weighted by molar-refractivity contribution is 0.0946. The zero-order valence-corrected chi connectivity index (χ0v) is 16.2. The molecule has 0 aliphatic carbocycles. The molecule has 6 heteroatoms. The quantitative estimate of drug-likeness (QED) is 0.566. The van der Waals surface area contributed by atoms with Crippen molar-refractivity contribution in [3.8, 4) is 5.69 Å². The molecule has 0 fully saturated rings. The van der Waals surface area contributed by atoms with Gasteiger partial charge in [0.05, 0.1) is 5.69 Å². The second kappa shape index (κ2) is 7.78. The van der Waals surface area contributed by atoms with Gasteiger partial charge in [-0.2, -0.15) is 5.10 Å². The van der Waals surface area contributed by atoms with Crippen LogP contribution in [0.4, 0.5) is 0 Å². The lowest BCUT2D eigenvalue weighted by Gasteiger charge is -2.11. The Bertz CT molecular complexity index is 1200. The highest BCUT2D eigenvalue weighted by Crippen LogP contribution is 2.25. The average Bonchev–Trinajstić information content (AvgIpc) is 3.12. The molecule has 2 heterocycles. The van der Waals surface area contributed by atoms with Crippen LogP contribution in [0.5, 0.6) is 0 Å². The van der Waals surface area contributed by atoms with E-state index in [0.29, 0.717) is 18.7 Å². The fourth-order valence-corrected chi connectivity index (χ4v) is 4.15. The van der Waals surface area contributed by atoms with Crippen molar-refractivity contribution >= 4 is 27.3 Å². The van der Waals surface area contributed by atoms with E-state index < -0.39 is 5.91 Å². The number of hydrogen-bond acceptors (Lipinski definition) is 4. The lowest BCUT2D eigenvalue weighted by Crippen LogP contribution is -2.33. The van der Waals surface area contributed by atoms with E-state index in [4.69, 9.17) is 0 Å². The molecule has 0 unspecified atom stereocenters. The number of benzene rings is 2. The van der Waals surface area contributed by atoms with Crippen LogP contribution in [0.3, 0.4) is 0 Å². The van der Waals surface area contributed by atoms with Gasteiger partial charge in [0.1, 0.15) is 0 Å². The van der Waals surface area contributed by atoms with Gasteiger partial charge in [0.2, 0.25) is 5.43 Å². The summed E-state index contributed by atoms with van der Waals surface area (Å²) in [7, 11) is 0. The van der Waals surface area contributed by atoms with Gasteiger partial charge in [0, 0.05) is 23.0 Å². The van der Waals surface area contributed by atoms with Crippen LogP contribution >= 0.6 is 11.3 Å². The van der Waals surface area contributed by atoms with E-state index in [1.54, 1.807) is 22.9 Å². The first kappa shape index (κ1) is 18.1. The average molecular weight is 389 g/mol. The Balaban J connectivity index is 1.51. The molecule has 0 spiro atoms. The summed E-state index contributed by atoms with van der Waals surface area (Å²) in [5.74, 6) is -0.450. The van der Waals surface area contributed by atoms with Crippen LogP contribution < -0.4 is 10.7 Å². The number of nitrogens with zero attached hydrogens (tertiary/aromatic N) is 2. The third kappa shape index (κ3) is 3.59. The minimum atomic E-state index is -0.450.